The van der Waals surface area contributed by atoms with E-state index in [2.05, 4.69) is 30.6 Å². The van der Waals surface area contributed by atoms with Gasteiger partial charge in [0.05, 0.1) is 11.9 Å². The second kappa shape index (κ2) is 6.88. The molecule has 1 aliphatic rings. The van der Waals surface area contributed by atoms with Crippen molar-refractivity contribution in [3.63, 3.8) is 0 Å². The number of aromatic amines is 1. The summed E-state index contributed by atoms with van der Waals surface area (Å²) in [5, 5.41) is 7.33. The first kappa shape index (κ1) is 15.6. The molecular weight excluding hydrogens is 316 g/mol. The summed E-state index contributed by atoms with van der Waals surface area (Å²) in [6, 6.07) is 6.01. The maximum absolute atomic E-state index is 12.5. The summed E-state index contributed by atoms with van der Waals surface area (Å²) in [5.74, 6) is 0.768. The van der Waals surface area contributed by atoms with Gasteiger partial charge in [-0.15, -0.1) is 0 Å². The van der Waals surface area contributed by atoms with Gasteiger partial charge in [0.15, 0.2) is 0 Å². The van der Waals surface area contributed by atoms with Gasteiger partial charge in [0, 0.05) is 35.9 Å². The van der Waals surface area contributed by atoms with Gasteiger partial charge in [-0.25, -0.2) is 15.0 Å². The predicted octanol–water partition coefficient (Wildman–Crippen LogP) is 2.96. The van der Waals surface area contributed by atoms with E-state index in [0.717, 1.165) is 42.4 Å². The molecule has 4 rings (SSSR count). The fraction of sp³-hybridized carbons (Fsp3) is 0.333. The number of carbonyl (C=O) groups excluding carboxylic acids is 1. The van der Waals surface area contributed by atoms with Crippen molar-refractivity contribution in [2.45, 2.75) is 31.7 Å². The number of amides is 1. The van der Waals surface area contributed by atoms with Crippen molar-refractivity contribution in [1.29, 1.82) is 0 Å². The van der Waals surface area contributed by atoms with Crippen molar-refractivity contribution in [3.8, 4) is 0 Å². The molecule has 0 radical (unpaired) electrons. The summed E-state index contributed by atoms with van der Waals surface area (Å²) < 4.78 is 0. The van der Waals surface area contributed by atoms with Crippen LogP contribution in [0.25, 0.3) is 11.0 Å². The van der Waals surface area contributed by atoms with E-state index in [1.165, 1.54) is 0 Å². The van der Waals surface area contributed by atoms with E-state index in [-0.39, 0.29) is 11.8 Å². The normalized spacial score (nSPS) is 20.3. The number of hydrogen-bond acceptors (Lipinski definition) is 5. The lowest BCUT2D eigenvalue weighted by molar-refractivity contribution is -0.120. The third kappa shape index (κ3) is 3.60. The largest absolute Gasteiger partial charge is 0.351 e. The molecular formula is C18H20N6O. The highest BCUT2D eigenvalue weighted by atomic mass is 16.1. The molecule has 25 heavy (non-hydrogen) atoms. The van der Waals surface area contributed by atoms with E-state index in [4.69, 9.17) is 0 Å². The molecule has 0 aromatic carbocycles. The Balaban J connectivity index is 1.31. The number of nitrogens with one attached hydrogen (secondary N) is 3. The molecule has 0 spiro atoms. The molecule has 3 N–H and O–H groups in total. The maximum atomic E-state index is 12.5. The topological polar surface area (TPSA) is 95.6 Å². The zero-order valence-electron chi connectivity index (χ0n) is 13.8. The smallest absolute Gasteiger partial charge is 0.227 e. The summed E-state index contributed by atoms with van der Waals surface area (Å²) in [6.45, 7) is 0. The molecule has 0 bridgehead atoms. The zero-order chi connectivity index (χ0) is 17.1. The number of H-pyrrole nitrogens is 1. The van der Waals surface area contributed by atoms with Crippen molar-refractivity contribution in [3.05, 3.63) is 43.0 Å². The number of pyridine rings is 1. The summed E-state index contributed by atoms with van der Waals surface area (Å²) in [6.07, 6.45) is 10.6. The van der Waals surface area contributed by atoms with E-state index >= 15 is 0 Å². The van der Waals surface area contributed by atoms with Gasteiger partial charge >= 0.3 is 0 Å². The molecule has 1 fully saturated rings. The van der Waals surface area contributed by atoms with E-state index in [9.17, 15) is 4.79 Å². The van der Waals surface area contributed by atoms with E-state index in [1.807, 2.05) is 18.3 Å². The fourth-order valence-electron chi connectivity index (χ4n) is 3.31. The Kier molecular flexibility index (Phi) is 4.28. The lowest BCUT2D eigenvalue weighted by atomic mass is 9.85. The lowest BCUT2D eigenvalue weighted by Gasteiger charge is -2.28. The minimum Gasteiger partial charge on any atom is -0.351 e. The van der Waals surface area contributed by atoms with Gasteiger partial charge < -0.3 is 15.6 Å². The Morgan fingerprint density at radius 2 is 1.92 bits per heavy atom. The van der Waals surface area contributed by atoms with E-state index in [0.29, 0.717) is 12.0 Å². The standard InChI is InChI=1S/C18H20N6O/c25-17(23-15-10-13-6-9-19-16(13)22-11-15)12-2-4-14(5-3-12)24-18-20-7-1-8-21-18/h1,6-12,14H,2-5H2,(H,19,22)(H,23,25)(H,20,21,24). The first-order chi connectivity index (χ1) is 12.3. The average molecular weight is 336 g/mol. The van der Waals surface area contributed by atoms with E-state index < -0.39 is 0 Å². The molecule has 1 amide bonds. The highest BCUT2D eigenvalue weighted by molar-refractivity contribution is 5.94. The van der Waals surface area contributed by atoms with Crippen LogP contribution in [0.15, 0.2) is 43.0 Å². The van der Waals surface area contributed by atoms with Crippen LogP contribution in [0.5, 0.6) is 0 Å². The SMILES string of the molecule is O=C(Nc1cnc2[nH]ccc2c1)C1CCC(Nc2ncccn2)CC1. The Hall–Kier alpha value is -2.96. The van der Waals surface area contributed by atoms with Gasteiger partial charge in [-0.1, -0.05) is 0 Å². The highest BCUT2D eigenvalue weighted by Gasteiger charge is 2.26. The lowest BCUT2D eigenvalue weighted by Crippen LogP contribution is -2.32. The first-order valence-electron chi connectivity index (χ1n) is 8.55. The second-order valence-corrected chi connectivity index (χ2v) is 6.39. The van der Waals surface area contributed by atoms with Gasteiger partial charge in [-0.05, 0) is 43.9 Å². The Labute approximate surface area is 145 Å². The van der Waals surface area contributed by atoms with Crippen LogP contribution in [-0.2, 0) is 4.79 Å². The molecule has 0 atom stereocenters. The molecule has 1 aliphatic carbocycles. The highest BCUT2D eigenvalue weighted by Crippen LogP contribution is 2.27. The van der Waals surface area contributed by atoms with Crippen LogP contribution >= 0.6 is 0 Å². The van der Waals surface area contributed by atoms with Gasteiger partial charge in [0.2, 0.25) is 11.9 Å². The van der Waals surface area contributed by atoms with Crippen molar-refractivity contribution in [2.75, 3.05) is 10.6 Å². The van der Waals surface area contributed by atoms with E-state index in [1.54, 1.807) is 24.7 Å². The number of nitrogens with zero attached hydrogens (tertiary/aromatic N) is 3. The van der Waals surface area contributed by atoms with Crippen LogP contribution in [0.1, 0.15) is 25.7 Å². The molecule has 3 heterocycles. The summed E-state index contributed by atoms with van der Waals surface area (Å²) in [4.78, 5) is 28.3. The fourth-order valence-corrected chi connectivity index (χ4v) is 3.31. The Morgan fingerprint density at radius 1 is 1.12 bits per heavy atom. The summed E-state index contributed by atoms with van der Waals surface area (Å²) in [7, 11) is 0. The first-order valence-corrected chi connectivity index (χ1v) is 8.55. The molecule has 1 saturated carbocycles. The summed E-state index contributed by atoms with van der Waals surface area (Å²) >= 11 is 0. The third-order valence-electron chi connectivity index (χ3n) is 4.66. The Morgan fingerprint density at radius 3 is 2.72 bits per heavy atom. The molecule has 7 nitrogen and oxygen atoms in total. The predicted molar refractivity (Wildman–Crippen MR) is 96.1 cm³/mol. The molecule has 0 aliphatic heterocycles. The molecule has 7 heteroatoms. The van der Waals surface area contributed by atoms with Crippen molar-refractivity contribution < 1.29 is 4.79 Å². The number of rotatable bonds is 4. The minimum absolute atomic E-state index is 0.0386. The van der Waals surface area contributed by atoms with Gasteiger partial charge in [0.25, 0.3) is 0 Å². The van der Waals surface area contributed by atoms with Crippen LogP contribution in [0.2, 0.25) is 0 Å². The third-order valence-corrected chi connectivity index (χ3v) is 4.66. The average Bonchev–Trinajstić information content (AvgIpc) is 3.11. The molecule has 0 saturated heterocycles. The number of hydrogen-bond donors (Lipinski definition) is 3. The monoisotopic (exact) mass is 336 g/mol. The van der Waals surface area contributed by atoms with Gasteiger partial charge in [0.1, 0.15) is 5.65 Å². The molecule has 3 aromatic heterocycles. The quantitative estimate of drug-likeness (QED) is 0.681. The van der Waals surface area contributed by atoms with Crippen LogP contribution in [0.3, 0.4) is 0 Å². The summed E-state index contributed by atoms with van der Waals surface area (Å²) in [5.41, 5.74) is 1.57. The van der Waals surface area contributed by atoms with Crippen molar-refractivity contribution >= 4 is 28.6 Å². The number of carbonyl (C=O) groups is 1. The van der Waals surface area contributed by atoms with Crippen molar-refractivity contribution in [2.24, 2.45) is 5.92 Å². The zero-order valence-corrected chi connectivity index (χ0v) is 13.8. The minimum atomic E-state index is 0.0386. The molecule has 0 unspecified atom stereocenters. The Bertz CT molecular complexity index is 854. The van der Waals surface area contributed by atoms with Gasteiger partial charge in [-0.3, -0.25) is 4.79 Å². The maximum Gasteiger partial charge on any atom is 0.227 e. The second-order valence-electron chi connectivity index (χ2n) is 6.39. The van der Waals surface area contributed by atoms with Crippen LogP contribution in [-0.4, -0.2) is 31.9 Å². The number of fused-ring (bicyclic) bond motifs is 1. The molecule has 3 aromatic rings. The van der Waals surface area contributed by atoms with Crippen LogP contribution in [0.4, 0.5) is 11.6 Å². The number of aromatic nitrogens is 4. The van der Waals surface area contributed by atoms with Gasteiger partial charge in [-0.2, -0.15) is 0 Å². The van der Waals surface area contributed by atoms with Crippen LogP contribution < -0.4 is 10.6 Å². The van der Waals surface area contributed by atoms with Crippen molar-refractivity contribution in [1.82, 2.24) is 19.9 Å². The number of anilines is 2. The van der Waals surface area contributed by atoms with Crippen LogP contribution in [0, 0.1) is 5.92 Å². The molecule has 128 valence electrons.